The molecule has 0 radical (unpaired) electrons. The Balaban J connectivity index is 2.16. The summed E-state index contributed by atoms with van der Waals surface area (Å²) in [5, 5.41) is 4.80. The van der Waals surface area contributed by atoms with Gasteiger partial charge in [-0.3, -0.25) is 0 Å². The fourth-order valence-electron chi connectivity index (χ4n) is 3.44. The van der Waals surface area contributed by atoms with Crippen LogP contribution in [0.4, 0.5) is 0 Å². The molecule has 23 heavy (non-hydrogen) atoms. The molecule has 0 amide bonds. The van der Waals surface area contributed by atoms with E-state index < -0.39 is 0 Å². The molecule has 2 nitrogen and oxygen atoms in total. The molecular weight excluding hydrogens is 280 g/mol. The van der Waals surface area contributed by atoms with E-state index >= 15 is 0 Å². The molecule has 5 aromatic rings. The van der Waals surface area contributed by atoms with Gasteiger partial charge in [0.1, 0.15) is 0 Å². The molecule has 0 N–H and O–H groups in total. The number of benzene rings is 4. The Morgan fingerprint density at radius 2 is 1.09 bits per heavy atom. The molecule has 0 saturated heterocycles. The molecule has 1 aromatic heterocycles. The molecule has 0 spiro atoms. The highest BCUT2D eigenvalue weighted by Gasteiger charge is 2.12. The summed E-state index contributed by atoms with van der Waals surface area (Å²) in [6.07, 6.45) is 0. The second kappa shape index (κ2) is 4.50. The van der Waals surface area contributed by atoms with Gasteiger partial charge in [0.15, 0.2) is 0 Å². The predicted molar refractivity (Wildman–Crippen MR) is 96.8 cm³/mol. The van der Waals surface area contributed by atoms with Crippen LogP contribution in [0.3, 0.4) is 0 Å². The van der Waals surface area contributed by atoms with Crippen LogP contribution < -0.4 is 0 Å². The maximum Gasteiger partial charge on any atom is 0.0979 e. The maximum atomic E-state index is 4.99. The first-order chi connectivity index (χ1) is 11.3. The number of aromatic nitrogens is 2. The Morgan fingerprint density at radius 1 is 0.522 bits per heavy atom. The fraction of sp³-hybridized carbons (Fsp3) is 0.0476. The van der Waals surface area contributed by atoms with Crippen molar-refractivity contribution in [2.45, 2.75) is 6.92 Å². The molecule has 0 bridgehead atoms. The molecule has 0 aliphatic carbocycles. The second-order valence-electron chi connectivity index (χ2n) is 5.95. The average Bonchev–Trinajstić information content (AvgIpc) is 2.61. The third-order valence-electron chi connectivity index (χ3n) is 4.55. The molecule has 4 aromatic carbocycles. The van der Waals surface area contributed by atoms with Gasteiger partial charge in [-0.15, -0.1) is 0 Å². The Bertz CT molecular complexity index is 1220. The van der Waals surface area contributed by atoms with Crippen LogP contribution in [0, 0.1) is 6.92 Å². The van der Waals surface area contributed by atoms with Crippen molar-refractivity contribution >= 4 is 43.6 Å². The first-order valence-electron chi connectivity index (χ1n) is 7.79. The van der Waals surface area contributed by atoms with E-state index in [1.165, 1.54) is 16.2 Å². The third-order valence-corrected chi connectivity index (χ3v) is 4.55. The smallest absolute Gasteiger partial charge is 0.0979 e. The van der Waals surface area contributed by atoms with Gasteiger partial charge < -0.3 is 0 Å². The van der Waals surface area contributed by atoms with Crippen molar-refractivity contribution in [1.82, 2.24) is 9.97 Å². The quantitative estimate of drug-likeness (QED) is 0.282. The summed E-state index contributed by atoms with van der Waals surface area (Å²) >= 11 is 0. The molecule has 0 aliphatic heterocycles. The topological polar surface area (TPSA) is 25.8 Å². The zero-order valence-electron chi connectivity index (χ0n) is 12.7. The van der Waals surface area contributed by atoms with E-state index in [0.717, 1.165) is 33.0 Å². The standard InChI is InChI=1S/C21H14N2/c1-13-7-6-12-18-19(13)23-21-17-11-5-3-9-15(17)14-8-2-4-10-16(14)20(21)22-18/h2-12H,1H3. The maximum absolute atomic E-state index is 4.99. The van der Waals surface area contributed by atoms with Crippen molar-refractivity contribution in [2.24, 2.45) is 0 Å². The van der Waals surface area contributed by atoms with Gasteiger partial charge >= 0.3 is 0 Å². The summed E-state index contributed by atoms with van der Waals surface area (Å²) in [6, 6.07) is 23.1. The summed E-state index contributed by atoms with van der Waals surface area (Å²) in [5.41, 5.74) is 5.08. The van der Waals surface area contributed by atoms with Crippen molar-refractivity contribution in [1.29, 1.82) is 0 Å². The van der Waals surface area contributed by atoms with Gasteiger partial charge in [-0.25, -0.2) is 9.97 Å². The van der Waals surface area contributed by atoms with Crippen molar-refractivity contribution in [3.8, 4) is 0 Å². The number of hydrogen-bond acceptors (Lipinski definition) is 2. The van der Waals surface area contributed by atoms with Gasteiger partial charge in [0, 0.05) is 10.8 Å². The monoisotopic (exact) mass is 294 g/mol. The van der Waals surface area contributed by atoms with Crippen LogP contribution in [0.1, 0.15) is 5.56 Å². The van der Waals surface area contributed by atoms with E-state index in [4.69, 9.17) is 9.97 Å². The lowest BCUT2D eigenvalue weighted by Crippen LogP contribution is -1.92. The molecule has 0 unspecified atom stereocenters. The average molecular weight is 294 g/mol. The highest BCUT2D eigenvalue weighted by Crippen LogP contribution is 2.34. The second-order valence-corrected chi connectivity index (χ2v) is 5.95. The van der Waals surface area contributed by atoms with Crippen molar-refractivity contribution in [2.75, 3.05) is 0 Å². The van der Waals surface area contributed by atoms with Crippen LogP contribution in [0.25, 0.3) is 43.6 Å². The Morgan fingerprint density at radius 3 is 1.74 bits per heavy atom. The first kappa shape index (κ1) is 12.5. The molecule has 0 fully saturated rings. The van der Waals surface area contributed by atoms with Gasteiger partial charge in [-0.2, -0.15) is 0 Å². The van der Waals surface area contributed by atoms with E-state index in [0.29, 0.717) is 0 Å². The lowest BCUT2D eigenvalue weighted by atomic mass is 9.99. The normalized spacial score (nSPS) is 11.7. The lowest BCUT2D eigenvalue weighted by molar-refractivity contribution is 1.37. The summed E-state index contributed by atoms with van der Waals surface area (Å²) in [6.45, 7) is 2.09. The number of rotatable bonds is 0. The van der Waals surface area contributed by atoms with Crippen LogP contribution in [0.15, 0.2) is 66.7 Å². The van der Waals surface area contributed by atoms with Crippen molar-refractivity contribution < 1.29 is 0 Å². The Labute approximate surface area is 133 Å². The first-order valence-corrected chi connectivity index (χ1v) is 7.79. The largest absolute Gasteiger partial charge is 0.244 e. The van der Waals surface area contributed by atoms with Crippen LogP contribution in [0.2, 0.25) is 0 Å². The molecule has 0 aliphatic rings. The van der Waals surface area contributed by atoms with Crippen molar-refractivity contribution in [3.63, 3.8) is 0 Å². The zero-order chi connectivity index (χ0) is 15.4. The van der Waals surface area contributed by atoms with Gasteiger partial charge in [-0.05, 0) is 29.3 Å². The zero-order valence-corrected chi connectivity index (χ0v) is 12.7. The molecule has 5 rings (SSSR count). The van der Waals surface area contributed by atoms with Crippen LogP contribution in [-0.2, 0) is 0 Å². The van der Waals surface area contributed by atoms with Crippen LogP contribution >= 0.6 is 0 Å². The van der Waals surface area contributed by atoms with E-state index in [9.17, 15) is 0 Å². The predicted octanol–water partition coefficient (Wildman–Crippen LogP) is 5.40. The van der Waals surface area contributed by atoms with Crippen LogP contribution in [-0.4, -0.2) is 9.97 Å². The Kier molecular flexibility index (Phi) is 2.45. The van der Waals surface area contributed by atoms with Crippen molar-refractivity contribution in [3.05, 3.63) is 72.3 Å². The molecular formula is C21H14N2. The Hall–Kier alpha value is -3.00. The van der Waals surface area contributed by atoms with Gasteiger partial charge in [0.2, 0.25) is 0 Å². The molecule has 108 valence electrons. The fourth-order valence-corrected chi connectivity index (χ4v) is 3.44. The highest BCUT2D eigenvalue weighted by atomic mass is 14.8. The number of hydrogen-bond donors (Lipinski definition) is 0. The lowest BCUT2D eigenvalue weighted by Gasteiger charge is -2.10. The SMILES string of the molecule is Cc1cccc2nc3c4ccccc4c4ccccc4c3nc12. The van der Waals surface area contributed by atoms with E-state index in [1.54, 1.807) is 0 Å². The number of nitrogens with zero attached hydrogens (tertiary/aromatic N) is 2. The third kappa shape index (κ3) is 1.69. The molecule has 1 heterocycles. The van der Waals surface area contributed by atoms with E-state index in [-0.39, 0.29) is 0 Å². The van der Waals surface area contributed by atoms with Gasteiger partial charge in [0.05, 0.1) is 22.1 Å². The summed E-state index contributed by atoms with van der Waals surface area (Å²) < 4.78 is 0. The minimum absolute atomic E-state index is 0.956. The minimum Gasteiger partial charge on any atom is -0.244 e. The summed E-state index contributed by atoms with van der Waals surface area (Å²) in [7, 11) is 0. The van der Waals surface area contributed by atoms with Crippen LogP contribution in [0.5, 0.6) is 0 Å². The minimum atomic E-state index is 0.956. The molecule has 2 heteroatoms. The highest BCUT2D eigenvalue weighted by molar-refractivity contribution is 6.23. The van der Waals surface area contributed by atoms with E-state index in [2.05, 4.69) is 61.5 Å². The van der Waals surface area contributed by atoms with Gasteiger partial charge in [-0.1, -0.05) is 60.7 Å². The summed E-state index contributed by atoms with van der Waals surface area (Å²) in [4.78, 5) is 9.95. The number of para-hydroxylation sites is 1. The molecule has 0 atom stereocenters. The van der Waals surface area contributed by atoms with E-state index in [1.807, 2.05) is 12.1 Å². The number of fused-ring (bicyclic) bond motifs is 7. The number of aryl methyl sites for hydroxylation is 1. The molecule has 0 saturated carbocycles. The summed E-state index contributed by atoms with van der Waals surface area (Å²) in [5.74, 6) is 0. The van der Waals surface area contributed by atoms with Gasteiger partial charge in [0.25, 0.3) is 0 Å².